The molecule has 8 nitrogen and oxygen atoms in total. The summed E-state index contributed by atoms with van der Waals surface area (Å²) in [5.41, 5.74) is 0.149. The van der Waals surface area contributed by atoms with E-state index in [2.05, 4.69) is 0 Å². The lowest BCUT2D eigenvalue weighted by atomic mass is 10.1. The van der Waals surface area contributed by atoms with Gasteiger partial charge in [-0.3, -0.25) is 0 Å². The molecule has 9 heteroatoms. The molecule has 1 aromatic rings. The molecule has 0 spiro atoms. The molecular formula is C13H19NO7S. The number of hydrogen-bond acceptors (Lipinski definition) is 7. The predicted molar refractivity (Wildman–Crippen MR) is 79.0 cm³/mol. The van der Waals surface area contributed by atoms with Crippen LogP contribution in [0, 0.1) is 0 Å². The topological polar surface area (TPSA) is 114 Å². The summed E-state index contributed by atoms with van der Waals surface area (Å²) in [7, 11) is 0.727. The normalized spacial score (nSPS) is 10.9. The molecular weight excluding hydrogens is 314 g/mol. The zero-order chi connectivity index (χ0) is 16.8. The van der Waals surface area contributed by atoms with Crippen LogP contribution in [0.4, 0.5) is 0 Å². The van der Waals surface area contributed by atoms with E-state index >= 15 is 0 Å². The number of carbonyl (C=O) groups is 1. The van der Waals surface area contributed by atoms with Crippen molar-refractivity contribution in [1.29, 1.82) is 0 Å². The Hall–Kier alpha value is -2.00. The third-order valence-electron chi connectivity index (χ3n) is 2.73. The first-order valence-corrected chi connectivity index (χ1v) is 8.01. The first-order valence-electron chi connectivity index (χ1n) is 6.30. The van der Waals surface area contributed by atoms with Gasteiger partial charge < -0.3 is 18.9 Å². The van der Waals surface area contributed by atoms with Gasteiger partial charge in [0.1, 0.15) is 11.3 Å². The summed E-state index contributed by atoms with van der Waals surface area (Å²) in [6.45, 7) is -0.0766. The molecule has 1 aromatic carbocycles. The van der Waals surface area contributed by atoms with Gasteiger partial charge in [0.25, 0.3) is 0 Å². The van der Waals surface area contributed by atoms with E-state index in [4.69, 9.17) is 24.1 Å². The quantitative estimate of drug-likeness (QED) is 0.545. The molecule has 0 heterocycles. The lowest BCUT2D eigenvalue weighted by molar-refractivity contribution is 0.0501. The molecule has 2 N–H and O–H groups in total. The highest BCUT2D eigenvalue weighted by Crippen LogP contribution is 2.34. The van der Waals surface area contributed by atoms with Crippen LogP contribution in [0.5, 0.6) is 17.2 Å². The summed E-state index contributed by atoms with van der Waals surface area (Å²) >= 11 is 0. The number of rotatable bonds is 8. The summed E-state index contributed by atoms with van der Waals surface area (Å²) in [4.78, 5) is 12.0. The van der Waals surface area contributed by atoms with E-state index < -0.39 is 16.0 Å². The minimum atomic E-state index is -3.57. The van der Waals surface area contributed by atoms with Crippen LogP contribution >= 0.6 is 0 Å². The summed E-state index contributed by atoms with van der Waals surface area (Å²) in [5.74, 6) is 0.0924. The minimum absolute atomic E-state index is 0.0766. The molecule has 0 unspecified atom stereocenters. The maximum atomic E-state index is 12.0. The van der Waals surface area contributed by atoms with Crippen molar-refractivity contribution in [2.24, 2.45) is 5.14 Å². The van der Waals surface area contributed by atoms with Gasteiger partial charge in [-0.2, -0.15) is 0 Å². The second-order valence-electron chi connectivity index (χ2n) is 4.26. The van der Waals surface area contributed by atoms with Crippen LogP contribution in [0.25, 0.3) is 0 Å². The highest BCUT2D eigenvalue weighted by Gasteiger charge is 2.19. The van der Waals surface area contributed by atoms with E-state index in [1.807, 2.05) is 0 Å². The van der Waals surface area contributed by atoms with Crippen molar-refractivity contribution in [1.82, 2.24) is 0 Å². The van der Waals surface area contributed by atoms with E-state index in [0.717, 1.165) is 0 Å². The molecule has 0 radical (unpaired) electrons. The fourth-order valence-electron chi connectivity index (χ4n) is 1.69. The third-order valence-corrected chi connectivity index (χ3v) is 3.59. The average Bonchev–Trinajstić information content (AvgIpc) is 2.48. The number of benzene rings is 1. The van der Waals surface area contributed by atoms with Crippen LogP contribution in [0.2, 0.25) is 0 Å². The largest absolute Gasteiger partial charge is 0.496 e. The summed E-state index contributed by atoms with van der Waals surface area (Å²) < 4.78 is 41.9. The lowest BCUT2D eigenvalue weighted by Gasteiger charge is -2.13. The number of primary sulfonamides is 1. The summed E-state index contributed by atoms with van der Waals surface area (Å²) in [6, 6.07) is 2.93. The number of methoxy groups -OCH3 is 3. The number of sulfonamides is 1. The third kappa shape index (κ3) is 5.08. The van der Waals surface area contributed by atoms with Gasteiger partial charge in [0.15, 0.2) is 11.5 Å². The Morgan fingerprint density at radius 3 is 2.09 bits per heavy atom. The standard InChI is InChI=1S/C13H19NO7S/c1-18-10-8-12(20-3)11(19-2)7-9(10)13(15)21-5-4-6-22(14,16)17/h7-8H,4-6H2,1-3H3,(H2,14,16,17). The SMILES string of the molecule is COc1cc(OC)c(C(=O)OCCCS(N)(=O)=O)cc1OC. The summed E-state index contributed by atoms with van der Waals surface area (Å²) in [6.07, 6.45) is 0.111. The van der Waals surface area contributed by atoms with Crippen LogP contribution in [0.1, 0.15) is 16.8 Å². The molecule has 1 rings (SSSR count). The molecule has 0 fully saturated rings. The molecule has 0 aliphatic heterocycles. The smallest absolute Gasteiger partial charge is 0.342 e. The van der Waals surface area contributed by atoms with Crippen LogP contribution in [-0.4, -0.2) is 48.1 Å². The molecule has 22 heavy (non-hydrogen) atoms. The van der Waals surface area contributed by atoms with Gasteiger partial charge in [-0.1, -0.05) is 0 Å². The maximum Gasteiger partial charge on any atom is 0.342 e. The van der Waals surface area contributed by atoms with Gasteiger partial charge >= 0.3 is 5.97 Å². The zero-order valence-corrected chi connectivity index (χ0v) is 13.4. The van der Waals surface area contributed by atoms with Crippen molar-refractivity contribution in [2.45, 2.75) is 6.42 Å². The average molecular weight is 333 g/mol. The fraction of sp³-hybridized carbons (Fsp3) is 0.462. The van der Waals surface area contributed by atoms with Crippen molar-refractivity contribution in [3.63, 3.8) is 0 Å². The van der Waals surface area contributed by atoms with Crippen LogP contribution in [0.3, 0.4) is 0 Å². The van der Waals surface area contributed by atoms with Gasteiger partial charge in [0, 0.05) is 12.1 Å². The highest BCUT2D eigenvalue weighted by atomic mass is 32.2. The molecule has 0 aliphatic rings. The number of nitrogens with two attached hydrogens (primary N) is 1. The molecule has 0 bridgehead atoms. The molecule has 0 amide bonds. The number of hydrogen-bond donors (Lipinski definition) is 1. The second kappa shape index (κ2) is 7.85. The molecule has 0 atom stereocenters. The van der Waals surface area contributed by atoms with E-state index in [1.54, 1.807) is 0 Å². The first-order chi connectivity index (χ1) is 10.3. The Bertz CT molecular complexity index is 628. The summed E-state index contributed by atoms with van der Waals surface area (Å²) in [5, 5.41) is 4.86. The van der Waals surface area contributed by atoms with E-state index in [1.165, 1.54) is 33.5 Å². The Morgan fingerprint density at radius 2 is 1.59 bits per heavy atom. The Morgan fingerprint density at radius 1 is 1.05 bits per heavy atom. The van der Waals surface area contributed by atoms with Gasteiger partial charge in [0.05, 0.1) is 33.7 Å². The van der Waals surface area contributed by atoms with Gasteiger partial charge in [-0.15, -0.1) is 0 Å². The monoisotopic (exact) mass is 333 g/mol. The van der Waals surface area contributed by atoms with Gasteiger partial charge in [-0.05, 0) is 6.42 Å². The van der Waals surface area contributed by atoms with Crippen LogP contribution in [-0.2, 0) is 14.8 Å². The molecule has 0 aromatic heterocycles. The number of esters is 1. The number of carbonyl (C=O) groups excluding carboxylic acids is 1. The van der Waals surface area contributed by atoms with Crippen molar-refractivity contribution >= 4 is 16.0 Å². The fourth-order valence-corrected chi connectivity index (χ4v) is 2.21. The Kier molecular flexibility index (Phi) is 6.44. The predicted octanol–water partition coefficient (Wildman–Crippen LogP) is 0.548. The van der Waals surface area contributed by atoms with Crippen LogP contribution in [0.15, 0.2) is 12.1 Å². The van der Waals surface area contributed by atoms with Gasteiger partial charge in [0.2, 0.25) is 10.0 Å². The molecule has 124 valence electrons. The van der Waals surface area contributed by atoms with E-state index in [0.29, 0.717) is 11.5 Å². The van der Waals surface area contributed by atoms with E-state index in [-0.39, 0.29) is 30.1 Å². The minimum Gasteiger partial charge on any atom is -0.496 e. The van der Waals surface area contributed by atoms with Crippen molar-refractivity contribution in [3.05, 3.63) is 17.7 Å². The first kappa shape index (κ1) is 18.1. The maximum absolute atomic E-state index is 12.0. The molecule has 0 saturated heterocycles. The number of ether oxygens (including phenoxy) is 4. The van der Waals surface area contributed by atoms with Crippen molar-refractivity contribution in [3.8, 4) is 17.2 Å². The Labute approximate surface area is 129 Å². The Balaban J connectivity index is 2.83. The molecule has 0 saturated carbocycles. The van der Waals surface area contributed by atoms with Crippen molar-refractivity contribution < 1.29 is 32.2 Å². The second-order valence-corrected chi connectivity index (χ2v) is 6.00. The highest BCUT2D eigenvalue weighted by molar-refractivity contribution is 7.89. The van der Waals surface area contributed by atoms with Crippen molar-refractivity contribution in [2.75, 3.05) is 33.7 Å². The zero-order valence-electron chi connectivity index (χ0n) is 12.6. The van der Waals surface area contributed by atoms with Crippen LogP contribution < -0.4 is 19.3 Å². The van der Waals surface area contributed by atoms with Gasteiger partial charge in [-0.25, -0.2) is 18.4 Å². The lowest BCUT2D eigenvalue weighted by Crippen LogP contribution is -2.18. The van der Waals surface area contributed by atoms with E-state index in [9.17, 15) is 13.2 Å². The molecule has 0 aliphatic carbocycles.